The molecule has 0 saturated heterocycles. The van der Waals surface area contributed by atoms with Gasteiger partial charge < -0.3 is 9.15 Å². The highest BCUT2D eigenvalue weighted by atomic mass is 32.2. The van der Waals surface area contributed by atoms with E-state index in [9.17, 15) is 19.5 Å². The summed E-state index contributed by atoms with van der Waals surface area (Å²) in [5.74, 6) is 6.89. The molecule has 1 aromatic heterocycles. The van der Waals surface area contributed by atoms with Gasteiger partial charge in [-0.25, -0.2) is 14.9 Å². The molecule has 1 unspecified atom stereocenters. The smallest absolute Gasteiger partial charge is 0.343 e. The van der Waals surface area contributed by atoms with Crippen molar-refractivity contribution < 1.29 is 13.4 Å². The summed E-state index contributed by atoms with van der Waals surface area (Å²) in [4.78, 5) is 15.8. The highest BCUT2D eigenvalue weighted by Crippen LogP contribution is 2.40. The zero-order valence-corrected chi connectivity index (χ0v) is 19.2. The molecule has 0 fully saturated rings. The number of fused-ring (bicyclic) bond motifs is 2. The fourth-order valence-corrected chi connectivity index (χ4v) is 4.86. The van der Waals surface area contributed by atoms with Crippen molar-refractivity contribution >= 4 is 27.8 Å². The van der Waals surface area contributed by atoms with E-state index in [-0.39, 0.29) is 22.6 Å². The Hall–Kier alpha value is -4.37. The quantitative estimate of drug-likeness (QED) is 0.285. The van der Waals surface area contributed by atoms with Gasteiger partial charge in [-0.1, -0.05) is 17.9 Å². The van der Waals surface area contributed by atoms with Crippen molar-refractivity contribution in [2.24, 2.45) is 0 Å². The van der Waals surface area contributed by atoms with E-state index in [1.807, 2.05) is 12.1 Å². The van der Waals surface area contributed by atoms with Crippen LogP contribution in [0.5, 0.6) is 0 Å². The summed E-state index contributed by atoms with van der Waals surface area (Å²) in [5.41, 5.74) is 0.794. The fourth-order valence-electron chi connectivity index (χ4n) is 3.80. The van der Waals surface area contributed by atoms with Gasteiger partial charge in [-0.3, -0.25) is 4.21 Å². The second kappa shape index (κ2) is 8.87. The van der Waals surface area contributed by atoms with Gasteiger partial charge in [0.25, 0.3) is 0 Å². The first-order chi connectivity index (χ1) is 16.3. The van der Waals surface area contributed by atoms with Crippen molar-refractivity contribution in [2.45, 2.75) is 31.6 Å². The van der Waals surface area contributed by atoms with Crippen LogP contribution in [0.2, 0.25) is 0 Å². The topological polar surface area (TPSA) is 108 Å². The molecule has 7 nitrogen and oxygen atoms in total. The standard InChI is InChI=1S/C26H17N3O4S/c1-26(2)21(20(13-27)24(33-26)22(14-28)29-3)8-7-17-10-18-11-19-15-34(31)9-5-4-6-16(19)12-23(18)32-25(17)30/h7-8,10-12H,5,9,15H2,1-2H3/b8-7+,24-22-. The molecule has 0 aliphatic carbocycles. The summed E-state index contributed by atoms with van der Waals surface area (Å²) in [5, 5.41) is 19.5. The third kappa shape index (κ3) is 4.16. The summed E-state index contributed by atoms with van der Waals surface area (Å²) in [7, 11) is -1.02. The van der Waals surface area contributed by atoms with Gasteiger partial charge in [0.1, 0.15) is 17.3 Å². The predicted octanol–water partition coefficient (Wildman–Crippen LogP) is 4.09. The fraction of sp³-hybridized carbons (Fsp3) is 0.231. The minimum Gasteiger partial charge on any atom is -0.492 e. The van der Waals surface area contributed by atoms with Crippen LogP contribution in [0.25, 0.3) is 21.9 Å². The first-order valence-electron chi connectivity index (χ1n) is 10.3. The van der Waals surface area contributed by atoms with Crippen LogP contribution in [-0.4, -0.2) is 15.6 Å². The zero-order chi connectivity index (χ0) is 24.5. The van der Waals surface area contributed by atoms with Crippen LogP contribution in [0, 0.1) is 41.1 Å². The van der Waals surface area contributed by atoms with E-state index in [2.05, 4.69) is 16.7 Å². The lowest BCUT2D eigenvalue weighted by atomic mass is 9.94. The van der Waals surface area contributed by atoms with Crippen molar-refractivity contribution in [2.75, 3.05) is 5.75 Å². The molecular weight excluding hydrogens is 450 g/mol. The highest BCUT2D eigenvalue weighted by molar-refractivity contribution is 7.84. The van der Waals surface area contributed by atoms with Crippen molar-refractivity contribution in [1.29, 1.82) is 10.5 Å². The Labute approximate surface area is 198 Å². The van der Waals surface area contributed by atoms with Crippen LogP contribution < -0.4 is 5.63 Å². The third-order valence-corrected chi connectivity index (χ3v) is 6.75. The summed E-state index contributed by atoms with van der Waals surface area (Å²) in [6.45, 7) is 10.6. The lowest BCUT2D eigenvalue weighted by Crippen LogP contribution is -2.20. The Morgan fingerprint density at radius 2 is 2.09 bits per heavy atom. The molecule has 1 atom stereocenters. The summed E-state index contributed by atoms with van der Waals surface area (Å²) in [6.07, 6.45) is 3.64. The second-order valence-electron chi connectivity index (χ2n) is 8.12. The Bertz CT molecular complexity index is 1590. The Morgan fingerprint density at radius 1 is 1.29 bits per heavy atom. The predicted molar refractivity (Wildman–Crippen MR) is 127 cm³/mol. The second-order valence-corrected chi connectivity index (χ2v) is 9.70. The lowest BCUT2D eigenvalue weighted by Gasteiger charge is -2.20. The number of ether oxygens (including phenoxy) is 1. The van der Waals surface area contributed by atoms with Crippen LogP contribution in [0.3, 0.4) is 0 Å². The van der Waals surface area contributed by atoms with Crippen LogP contribution in [0.1, 0.15) is 37.0 Å². The van der Waals surface area contributed by atoms with Crippen LogP contribution >= 0.6 is 0 Å². The number of benzene rings is 1. The number of nitriles is 2. The molecule has 34 heavy (non-hydrogen) atoms. The molecule has 0 N–H and O–H groups in total. The van der Waals surface area contributed by atoms with Gasteiger partial charge in [-0.05, 0) is 43.7 Å². The van der Waals surface area contributed by atoms with E-state index >= 15 is 0 Å². The first kappa shape index (κ1) is 22.8. The number of hydrogen-bond donors (Lipinski definition) is 0. The maximum absolute atomic E-state index is 12.7. The first-order valence-corrected chi connectivity index (χ1v) is 11.7. The Kier molecular flexibility index (Phi) is 5.95. The number of rotatable bonds is 2. The molecule has 0 spiro atoms. The largest absolute Gasteiger partial charge is 0.492 e. The monoisotopic (exact) mass is 467 g/mol. The normalized spacial score (nSPS) is 20.1. The van der Waals surface area contributed by atoms with E-state index in [4.69, 9.17) is 15.7 Å². The summed E-state index contributed by atoms with van der Waals surface area (Å²) >= 11 is 0. The molecule has 2 aliphatic heterocycles. The van der Waals surface area contributed by atoms with E-state index in [0.29, 0.717) is 40.0 Å². The van der Waals surface area contributed by atoms with Gasteiger partial charge in [0, 0.05) is 45.2 Å². The van der Waals surface area contributed by atoms with Crippen molar-refractivity contribution in [1.82, 2.24) is 0 Å². The van der Waals surface area contributed by atoms with E-state index in [1.165, 1.54) is 6.08 Å². The molecule has 166 valence electrons. The molecule has 0 radical (unpaired) electrons. The molecule has 0 bridgehead atoms. The van der Waals surface area contributed by atoms with Gasteiger partial charge >= 0.3 is 11.3 Å². The molecular formula is C26H17N3O4S. The average Bonchev–Trinajstić information content (AvgIpc) is 3.04. The van der Waals surface area contributed by atoms with Crippen molar-refractivity contribution in [3.8, 4) is 24.0 Å². The van der Waals surface area contributed by atoms with Crippen molar-refractivity contribution in [3.63, 3.8) is 0 Å². The SMILES string of the molecule is [C-]#[N+]/C(C#N)=C1\OC(C)(C)C(/C=C/c2cc3cc4c(cc3oc2=O)C#CCCS(=O)C4)=C1C#N. The molecule has 8 heteroatoms. The van der Waals surface area contributed by atoms with E-state index in [1.54, 1.807) is 38.1 Å². The molecule has 3 heterocycles. The molecule has 0 saturated carbocycles. The van der Waals surface area contributed by atoms with Gasteiger partial charge in [0.15, 0.2) is 5.76 Å². The molecule has 4 rings (SSSR count). The van der Waals surface area contributed by atoms with Crippen LogP contribution in [-0.2, 0) is 21.3 Å². The maximum Gasteiger partial charge on any atom is 0.343 e. The Balaban J connectivity index is 1.82. The minimum atomic E-state index is -1.02. The van der Waals surface area contributed by atoms with Crippen LogP contribution in [0.15, 0.2) is 56.1 Å². The van der Waals surface area contributed by atoms with E-state index < -0.39 is 22.0 Å². The third-order valence-electron chi connectivity index (χ3n) is 5.46. The maximum atomic E-state index is 12.7. The van der Waals surface area contributed by atoms with Crippen molar-refractivity contribution in [3.05, 3.63) is 85.4 Å². The molecule has 0 amide bonds. The average molecular weight is 468 g/mol. The van der Waals surface area contributed by atoms with Gasteiger partial charge in [0.05, 0.1) is 23.8 Å². The molecule has 2 aromatic rings. The number of allylic oxidation sites excluding steroid dienone is 2. The van der Waals surface area contributed by atoms with Gasteiger partial charge in [0.2, 0.25) is 0 Å². The minimum absolute atomic E-state index is 0.0667. The van der Waals surface area contributed by atoms with Crippen LogP contribution in [0.4, 0.5) is 0 Å². The van der Waals surface area contributed by atoms with Gasteiger partial charge in [-0.15, -0.1) is 0 Å². The zero-order valence-electron chi connectivity index (χ0n) is 18.4. The van der Waals surface area contributed by atoms with Gasteiger partial charge in [-0.2, -0.15) is 5.26 Å². The molecule has 1 aromatic carbocycles. The lowest BCUT2D eigenvalue weighted by molar-refractivity contribution is 0.0953. The highest BCUT2D eigenvalue weighted by Gasteiger charge is 2.38. The molecule has 2 aliphatic rings. The van der Waals surface area contributed by atoms with E-state index in [0.717, 1.165) is 5.56 Å². The summed E-state index contributed by atoms with van der Waals surface area (Å²) in [6, 6.07) is 8.96. The Morgan fingerprint density at radius 3 is 2.79 bits per heavy atom. The summed E-state index contributed by atoms with van der Waals surface area (Å²) < 4.78 is 23.5. The number of hydrogen-bond acceptors (Lipinski definition) is 6. The number of nitrogens with zero attached hydrogens (tertiary/aromatic N) is 3.